The number of hydrogen-bond acceptors (Lipinski definition) is 4. The Bertz CT molecular complexity index is 3580. The van der Waals surface area contributed by atoms with E-state index in [1.165, 1.54) is 55.6 Å². The van der Waals surface area contributed by atoms with Crippen molar-refractivity contribution in [3.05, 3.63) is 217 Å². The van der Waals surface area contributed by atoms with Crippen LogP contribution in [0.15, 0.2) is 200 Å². The van der Waals surface area contributed by atoms with Crippen LogP contribution in [-0.2, 0) is 16.2 Å². The topological polar surface area (TPSA) is 33.5 Å². The van der Waals surface area contributed by atoms with Gasteiger partial charge in [-0.25, -0.2) is 4.98 Å². The van der Waals surface area contributed by atoms with Crippen molar-refractivity contribution in [2.75, 3.05) is 16.5 Å². The quantitative estimate of drug-likeness (QED) is 0.152. The molecular weight excluding hydrogens is 865 g/mol. The fraction of sp³-hybridized carbons (Fsp3) is 0.197. The summed E-state index contributed by atoms with van der Waals surface area (Å²) >= 11 is 0. The number of aromatic nitrogens is 2. The summed E-state index contributed by atoms with van der Waals surface area (Å²) in [6.07, 6.45) is 2.07. The first kappa shape index (κ1) is 45.5. The lowest BCUT2D eigenvalue weighted by Crippen LogP contribution is -2.25. The minimum absolute atomic E-state index is 0.0636. The van der Waals surface area contributed by atoms with E-state index in [2.05, 4.69) is 277 Å². The summed E-state index contributed by atoms with van der Waals surface area (Å²) in [4.78, 5) is 10.1. The molecule has 0 bridgehead atoms. The number of hydrogen-bond donors (Lipinski definition) is 0. The lowest BCUT2D eigenvalue weighted by Gasteiger charge is -2.27. The fourth-order valence-electron chi connectivity index (χ4n) is 10.4. The Morgan fingerprint density at radius 3 is 1.62 bits per heavy atom. The molecule has 1 aliphatic heterocycles. The van der Waals surface area contributed by atoms with Crippen molar-refractivity contribution in [2.45, 2.75) is 78.6 Å². The van der Waals surface area contributed by atoms with E-state index in [0.29, 0.717) is 6.67 Å². The highest BCUT2D eigenvalue weighted by Crippen LogP contribution is 2.51. The molecule has 0 unspecified atom stereocenters. The van der Waals surface area contributed by atoms with E-state index in [1.54, 1.807) is 0 Å². The third-order valence-corrected chi connectivity index (χ3v) is 14.2. The number of rotatable bonds is 8. The molecule has 1 aliphatic rings. The maximum Gasteiger partial charge on any atom is 0.137 e. The average molecular weight is 927 g/mol. The molecule has 0 fully saturated rings. The van der Waals surface area contributed by atoms with Crippen molar-refractivity contribution in [1.29, 1.82) is 0 Å². The van der Waals surface area contributed by atoms with E-state index in [9.17, 15) is 0 Å². The molecule has 11 rings (SSSR count). The zero-order valence-corrected chi connectivity index (χ0v) is 42.5. The van der Waals surface area contributed by atoms with Gasteiger partial charge in [-0.2, -0.15) is 0 Å². The molecule has 8 aromatic carbocycles. The van der Waals surface area contributed by atoms with Crippen LogP contribution in [0.1, 0.15) is 79.0 Å². The lowest BCUT2D eigenvalue weighted by atomic mass is 9.81. The van der Waals surface area contributed by atoms with Crippen molar-refractivity contribution in [1.82, 2.24) is 9.55 Å². The van der Waals surface area contributed by atoms with Crippen LogP contribution in [0.4, 0.5) is 22.7 Å². The number of pyridine rings is 1. The van der Waals surface area contributed by atoms with Crippen LogP contribution in [0.2, 0.25) is 0 Å². The molecule has 0 aliphatic carbocycles. The number of nitrogens with zero attached hydrogens (tertiary/aromatic N) is 4. The number of para-hydroxylation sites is 4. The van der Waals surface area contributed by atoms with E-state index in [0.717, 1.165) is 56.4 Å². The molecule has 5 heteroatoms. The Kier molecular flexibility index (Phi) is 11.2. The Hall–Kier alpha value is -7.89. The minimum atomic E-state index is -0.132. The molecule has 5 nitrogen and oxygen atoms in total. The smallest absolute Gasteiger partial charge is 0.137 e. The van der Waals surface area contributed by atoms with Gasteiger partial charge in [0.05, 0.1) is 28.1 Å². The summed E-state index contributed by atoms with van der Waals surface area (Å²) in [7, 11) is 0. The predicted octanol–water partition coefficient (Wildman–Crippen LogP) is 18.1. The highest BCUT2D eigenvalue weighted by atomic mass is 16.5. The van der Waals surface area contributed by atoms with E-state index >= 15 is 0 Å². The van der Waals surface area contributed by atoms with Gasteiger partial charge in [0.15, 0.2) is 0 Å². The van der Waals surface area contributed by atoms with Gasteiger partial charge < -0.3 is 14.5 Å². The molecule has 10 aromatic rings. The van der Waals surface area contributed by atoms with Crippen LogP contribution in [0.25, 0.3) is 61.0 Å². The molecule has 2 aromatic heterocycles. The van der Waals surface area contributed by atoms with Gasteiger partial charge in [0.1, 0.15) is 24.0 Å². The van der Waals surface area contributed by atoms with E-state index in [4.69, 9.17) is 9.72 Å². The second-order valence-electron chi connectivity index (χ2n) is 22.2. The van der Waals surface area contributed by atoms with Crippen molar-refractivity contribution >= 4 is 44.6 Å². The zero-order valence-electron chi connectivity index (χ0n) is 42.5. The Morgan fingerprint density at radius 1 is 0.423 bits per heavy atom. The third kappa shape index (κ3) is 8.54. The number of fused-ring (bicyclic) bond motifs is 4. The predicted molar refractivity (Wildman–Crippen MR) is 300 cm³/mol. The molecule has 0 amide bonds. The molecule has 0 saturated carbocycles. The van der Waals surface area contributed by atoms with Gasteiger partial charge in [-0.3, -0.25) is 4.57 Å². The molecule has 0 radical (unpaired) electrons. The molecular formula is C66H62N4O. The van der Waals surface area contributed by atoms with Crippen LogP contribution in [0.5, 0.6) is 11.5 Å². The van der Waals surface area contributed by atoms with Crippen LogP contribution in [-0.4, -0.2) is 16.2 Å². The summed E-state index contributed by atoms with van der Waals surface area (Å²) in [5.41, 5.74) is 17.7. The highest BCUT2D eigenvalue weighted by Gasteiger charge is 2.32. The second kappa shape index (κ2) is 17.5. The monoisotopic (exact) mass is 926 g/mol. The fourth-order valence-corrected chi connectivity index (χ4v) is 10.4. The van der Waals surface area contributed by atoms with Gasteiger partial charge in [0, 0.05) is 51.5 Å². The maximum atomic E-state index is 6.87. The molecule has 0 N–H and O–H groups in total. The Balaban J connectivity index is 0.957. The molecule has 0 saturated heterocycles. The largest absolute Gasteiger partial charge is 0.457 e. The number of benzene rings is 8. The first-order valence-electron chi connectivity index (χ1n) is 25.0. The van der Waals surface area contributed by atoms with E-state index in [1.807, 2.05) is 0 Å². The summed E-state index contributed by atoms with van der Waals surface area (Å²) < 4.78 is 9.17. The van der Waals surface area contributed by atoms with E-state index < -0.39 is 0 Å². The SMILES string of the molecule is CC(C)(C)c1ccc(-c2cnc(-n3c4ccccc4c4ccc(Oc5cccc(N6CN(c7c(-c8ccccc8)cccc7-c7ccc(C(C)(C)C)cc7)c7ccccc76)c5)cc43)cc2C(C)(C)C)cc1. The summed E-state index contributed by atoms with van der Waals surface area (Å²) in [6, 6.07) is 70.3. The van der Waals surface area contributed by atoms with Crippen LogP contribution >= 0.6 is 0 Å². The average Bonchev–Trinajstić information content (AvgIpc) is 3.91. The number of ether oxygens (including phenoxy) is 1. The van der Waals surface area contributed by atoms with Crippen molar-refractivity contribution in [2.24, 2.45) is 0 Å². The summed E-state index contributed by atoms with van der Waals surface area (Å²) in [5, 5.41) is 2.32. The Labute approximate surface area is 419 Å². The summed E-state index contributed by atoms with van der Waals surface area (Å²) in [5.74, 6) is 2.40. The molecule has 0 atom stereocenters. The first-order valence-corrected chi connectivity index (χ1v) is 25.0. The minimum Gasteiger partial charge on any atom is -0.457 e. The van der Waals surface area contributed by atoms with Gasteiger partial charge in [0.2, 0.25) is 0 Å². The highest BCUT2D eigenvalue weighted by molar-refractivity contribution is 6.09. The maximum absolute atomic E-state index is 6.87. The van der Waals surface area contributed by atoms with Crippen molar-refractivity contribution < 1.29 is 4.74 Å². The molecule has 0 spiro atoms. The van der Waals surface area contributed by atoms with Crippen LogP contribution in [0, 0.1) is 0 Å². The molecule has 71 heavy (non-hydrogen) atoms. The number of anilines is 4. The van der Waals surface area contributed by atoms with Gasteiger partial charge >= 0.3 is 0 Å². The normalized spacial score (nSPS) is 13.0. The van der Waals surface area contributed by atoms with Crippen LogP contribution in [0.3, 0.4) is 0 Å². The van der Waals surface area contributed by atoms with Gasteiger partial charge in [-0.1, -0.05) is 196 Å². The summed E-state index contributed by atoms with van der Waals surface area (Å²) in [6.45, 7) is 21.1. The van der Waals surface area contributed by atoms with Gasteiger partial charge in [0.25, 0.3) is 0 Å². The second-order valence-corrected chi connectivity index (χ2v) is 22.2. The van der Waals surface area contributed by atoms with Crippen LogP contribution < -0.4 is 14.5 Å². The third-order valence-electron chi connectivity index (χ3n) is 14.2. The zero-order chi connectivity index (χ0) is 49.2. The van der Waals surface area contributed by atoms with Gasteiger partial charge in [-0.05, 0) is 98.2 Å². The first-order chi connectivity index (χ1) is 34.1. The molecule has 352 valence electrons. The van der Waals surface area contributed by atoms with Crippen molar-refractivity contribution in [3.63, 3.8) is 0 Å². The lowest BCUT2D eigenvalue weighted by molar-refractivity contribution is 0.483. The van der Waals surface area contributed by atoms with Gasteiger partial charge in [-0.15, -0.1) is 0 Å². The van der Waals surface area contributed by atoms with E-state index in [-0.39, 0.29) is 16.2 Å². The standard InChI is InChI=1S/C66H62N4O/c1-64(2,3)47-33-29-45(30-34-47)53-25-18-24-52(44-19-11-10-12-20-44)63(53)69-43-68(59-27-15-16-28-60(59)69)49-21-17-22-50(39-49)71-51-37-38-55-54-23-13-14-26-58(54)70(61(55)40-51)62-41-57(66(7,8)9)56(42-67-62)46-31-35-48(36-32-46)65(4,5)6/h10-42H,43H2,1-9H3. The van der Waals surface area contributed by atoms with Crippen molar-refractivity contribution in [3.8, 4) is 50.7 Å². The Morgan fingerprint density at radius 2 is 0.972 bits per heavy atom. The molecule has 3 heterocycles.